The second-order valence-corrected chi connectivity index (χ2v) is 4.32. The second kappa shape index (κ2) is 7.24. The van der Waals surface area contributed by atoms with E-state index in [0.29, 0.717) is 0 Å². The molecule has 0 bridgehead atoms. The van der Waals surface area contributed by atoms with E-state index >= 15 is 0 Å². The number of hydrogen-bond donors (Lipinski definition) is 2. The Balaban J connectivity index is 4.21. The molecule has 0 saturated heterocycles. The summed E-state index contributed by atoms with van der Waals surface area (Å²) in [7, 11) is 0. The molecule has 0 rings (SSSR count). The maximum absolute atomic E-state index is 9.16. The van der Waals surface area contributed by atoms with Crippen LogP contribution in [0.5, 0.6) is 0 Å². The lowest BCUT2D eigenvalue weighted by molar-refractivity contribution is 0.119. The molecule has 0 saturated carbocycles. The minimum absolute atomic E-state index is 0.0469. The summed E-state index contributed by atoms with van der Waals surface area (Å²) in [5.74, 6) is 0. The fourth-order valence-electron chi connectivity index (χ4n) is 2.23. The summed E-state index contributed by atoms with van der Waals surface area (Å²) >= 11 is 0. The first-order valence-electron chi connectivity index (χ1n) is 6.03. The Morgan fingerprint density at radius 1 is 1.14 bits per heavy atom. The Labute approximate surface area is 88.9 Å². The molecule has 0 amide bonds. The van der Waals surface area contributed by atoms with Gasteiger partial charge in [-0.2, -0.15) is 0 Å². The van der Waals surface area contributed by atoms with E-state index in [4.69, 9.17) is 10.8 Å². The van der Waals surface area contributed by atoms with Crippen molar-refractivity contribution in [3.63, 3.8) is 0 Å². The molecule has 0 aromatic rings. The highest BCUT2D eigenvalue weighted by molar-refractivity contribution is 4.86. The summed E-state index contributed by atoms with van der Waals surface area (Å²) in [4.78, 5) is 0. The molecular weight excluding hydrogens is 174 g/mol. The fraction of sp³-hybridized carbons (Fsp3) is 1.00. The van der Waals surface area contributed by atoms with Gasteiger partial charge in [0.2, 0.25) is 0 Å². The Morgan fingerprint density at radius 2 is 1.71 bits per heavy atom. The summed E-state index contributed by atoms with van der Waals surface area (Å²) in [5, 5.41) is 9.16. The molecule has 0 aliphatic heterocycles. The molecule has 0 heterocycles. The number of unbranched alkanes of at least 4 members (excludes halogenated alkanes) is 2. The van der Waals surface area contributed by atoms with Gasteiger partial charge >= 0.3 is 0 Å². The normalized spacial score (nSPS) is 14.4. The highest BCUT2D eigenvalue weighted by Gasteiger charge is 2.31. The first-order chi connectivity index (χ1) is 6.66. The third-order valence-electron chi connectivity index (χ3n) is 3.67. The van der Waals surface area contributed by atoms with Gasteiger partial charge in [0.15, 0.2) is 0 Å². The lowest BCUT2D eigenvalue weighted by Crippen LogP contribution is -2.43. The van der Waals surface area contributed by atoms with Gasteiger partial charge in [-0.05, 0) is 24.7 Å². The van der Waals surface area contributed by atoms with Crippen LogP contribution in [0, 0.1) is 5.41 Å². The first-order valence-corrected chi connectivity index (χ1v) is 6.03. The molecule has 2 nitrogen and oxygen atoms in total. The topological polar surface area (TPSA) is 46.2 Å². The van der Waals surface area contributed by atoms with Crippen molar-refractivity contribution in [2.45, 2.75) is 65.3 Å². The summed E-state index contributed by atoms with van der Waals surface area (Å²) in [6.45, 7) is 6.70. The van der Waals surface area contributed by atoms with Gasteiger partial charge in [0, 0.05) is 6.04 Å². The average molecular weight is 201 g/mol. The molecule has 1 unspecified atom stereocenters. The van der Waals surface area contributed by atoms with Crippen molar-refractivity contribution in [2.24, 2.45) is 11.1 Å². The van der Waals surface area contributed by atoms with Crippen LogP contribution in [-0.4, -0.2) is 17.8 Å². The Morgan fingerprint density at radius 3 is 2.07 bits per heavy atom. The average Bonchev–Trinajstić information content (AvgIpc) is 2.24. The van der Waals surface area contributed by atoms with Crippen molar-refractivity contribution in [3.05, 3.63) is 0 Å². The van der Waals surface area contributed by atoms with Crippen LogP contribution in [0.15, 0.2) is 0 Å². The maximum Gasteiger partial charge on any atom is 0.0587 e. The summed E-state index contributed by atoms with van der Waals surface area (Å²) in [6, 6.07) is -0.0469. The van der Waals surface area contributed by atoms with Crippen molar-refractivity contribution >= 4 is 0 Å². The van der Waals surface area contributed by atoms with Crippen LogP contribution < -0.4 is 5.73 Å². The van der Waals surface area contributed by atoms with Crippen LogP contribution in [0.3, 0.4) is 0 Å². The molecule has 0 aromatic carbocycles. The van der Waals surface area contributed by atoms with E-state index in [1.54, 1.807) is 0 Å². The molecule has 0 aromatic heterocycles. The maximum atomic E-state index is 9.16. The zero-order valence-electron chi connectivity index (χ0n) is 10.1. The molecule has 1 atom stereocenters. The van der Waals surface area contributed by atoms with Crippen molar-refractivity contribution < 1.29 is 5.11 Å². The molecule has 14 heavy (non-hydrogen) atoms. The lowest BCUT2D eigenvalue weighted by atomic mass is 9.72. The number of aliphatic hydroxyl groups excluding tert-OH is 1. The number of nitrogens with two attached hydrogens (primary N) is 1. The van der Waals surface area contributed by atoms with Crippen LogP contribution in [0.25, 0.3) is 0 Å². The van der Waals surface area contributed by atoms with Crippen molar-refractivity contribution in [1.29, 1.82) is 0 Å². The van der Waals surface area contributed by atoms with E-state index in [0.717, 1.165) is 19.3 Å². The smallest absolute Gasteiger partial charge is 0.0587 e. The highest BCUT2D eigenvalue weighted by atomic mass is 16.3. The van der Waals surface area contributed by atoms with Gasteiger partial charge in [-0.25, -0.2) is 0 Å². The van der Waals surface area contributed by atoms with Crippen LogP contribution in [0.4, 0.5) is 0 Å². The Bertz CT molecular complexity index is 132. The van der Waals surface area contributed by atoms with E-state index in [9.17, 15) is 0 Å². The minimum atomic E-state index is -0.0469. The minimum Gasteiger partial charge on any atom is -0.395 e. The van der Waals surface area contributed by atoms with Crippen molar-refractivity contribution in [1.82, 2.24) is 0 Å². The van der Waals surface area contributed by atoms with Gasteiger partial charge in [-0.15, -0.1) is 0 Å². The van der Waals surface area contributed by atoms with Gasteiger partial charge in [-0.3, -0.25) is 0 Å². The van der Waals surface area contributed by atoms with E-state index in [2.05, 4.69) is 20.8 Å². The van der Waals surface area contributed by atoms with Gasteiger partial charge < -0.3 is 10.8 Å². The zero-order valence-corrected chi connectivity index (χ0v) is 10.1. The number of aliphatic hydroxyl groups is 1. The monoisotopic (exact) mass is 201 g/mol. The molecule has 0 spiro atoms. The van der Waals surface area contributed by atoms with Gasteiger partial charge in [-0.1, -0.05) is 40.0 Å². The van der Waals surface area contributed by atoms with Crippen LogP contribution in [-0.2, 0) is 0 Å². The van der Waals surface area contributed by atoms with Crippen molar-refractivity contribution in [2.75, 3.05) is 6.61 Å². The Kier molecular flexibility index (Phi) is 7.20. The number of hydrogen-bond acceptors (Lipinski definition) is 2. The van der Waals surface area contributed by atoms with E-state index in [-0.39, 0.29) is 18.1 Å². The van der Waals surface area contributed by atoms with Gasteiger partial charge in [0.25, 0.3) is 0 Å². The molecule has 3 N–H and O–H groups in total. The molecule has 86 valence electrons. The summed E-state index contributed by atoms with van der Waals surface area (Å²) < 4.78 is 0. The second-order valence-electron chi connectivity index (χ2n) is 4.32. The molecular formula is C12H27NO. The van der Waals surface area contributed by atoms with Gasteiger partial charge in [0.05, 0.1) is 6.61 Å². The summed E-state index contributed by atoms with van der Waals surface area (Å²) in [6.07, 6.45) is 7.09. The molecule has 0 aliphatic rings. The van der Waals surface area contributed by atoms with Crippen LogP contribution in [0.1, 0.15) is 59.3 Å². The van der Waals surface area contributed by atoms with E-state index in [1.807, 2.05) is 0 Å². The van der Waals surface area contributed by atoms with E-state index < -0.39 is 0 Å². The zero-order chi connectivity index (χ0) is 11.0. The van der Waals surface area contributed by atoms with Crippen LogP contribution >= 0.6 is 0 Å². The SMILES string of the molecule is CCCCCC(CC)(CC)C(N)CO. The largest absolute Gasteiger partial charge is 0.395 e. The van der Waals surface area contributed by atoms with Crippen molar-refractivity contribution in [3.8, 4) is 0 Å². The first kappa shape index (κ1) is 13.9. The standard InChI is InChI=1S/C12H27NO/c1-4-7-8-9-12(5-2,6-3)11(13)10-14/h11,14H,4-10,13H2,1-3H3. The quantitative estimate of drug-likeness (QED) is 0.593. The fourth-order valence-corrected chi connectivity index (χ4v) is 2.23. The summed E-state index contributed by atoms with van der Waals surface area (Å²) in [5.41, 5.74) is 6.18. The lowest BCUT2D eigenvalue weighted by Gasteiger charge is -2.37. The predicted molar refractivity (Wildman–Crippen MR) is 62.2 cm³/mol. The third kappa shape index (κ3) is 3.58. The molecule has 0 aliphatic carbocycles. The van der Waals surface area contributed by atoms with E-state index in [1.165, 1.54) is 19.3 Å². The van der Waals surface area contributed by atoms with Crippen LogP contribution in [0.2, 0.25) is 0 Å². The Hall–Kier alpha value is -0.0800. The molecule has 0 fully saturated rings. The highest BCUT2D eigenvalue weighted by Crippen LogP contribution is 2.35. The number of rotatable bonds is 8. The molecule has 0 radical (unpaired) electrons. The third-order valence-corrected chi connectivity index (χ3v) is 3.67. The van der Waals surface area contributed by atoms with Gasteiger partial charge in [0.1, 0.15) is 0 Å². The predicted octanol–water partition coefficient (Wildman–Crippen LogP) is 2.69. The molecule has 2 heteroatoms.